The topological polar surface area (TPSA) is 48.0 Å². The summed E-state index contributed by atoms with van der Waals surface area (Å²) in [5.41, 5.74) is -0.0764. The van der Waals surface area contributed by atoms with Crippen LogP contribution in [0.3, 0.4) is 0 Å². The second kappa shape index (κ2) is 6.30. The first-order valence-electron chi connectivity index (χ1n) is 7.03. The Morgan fingerprint density at radius 3 is 2.50 bits per heavy atom. The van der Waals surface area contributed by atoms with E-state index < -0.39 is 0 Å². The molecule has 2 aliphatic heterocycles. The lowest BCUT2D eigenvalue weighted by Crippen LogP contribution is -2.52. The highest BCUT2D eigenvalue weighted by Crippen LogP contribution is 2.16. The zero-order chi connectivity index (χ0) is 13.0. The van der Waals surface area contributed by atoms with Crippen LogP contribution >= 0.6 is 0 Å². The van der Waals surface area contributed by atoms with E-state index in [0.717, 1.165) is 59.0 Å². The lowest BCUT2D eigenvalue weighted by molar-refractivity contribution is -0.0942. The summed E-state index contributed by atoms with van der Waals surface area (Å²) in [5.74, 6) is 0. The molecule has 0 saturated carbocycles. The van der Waals surface area contributed by atoms with Crippen LogP contribution in [0.15, 0.2) is 0 Å². The molecule has 0 aliphatic carbocycles. The van der Waals surface area contributed by atoms with Crippen LogP contribution in [0, 0.1) is 0 Å². The first-order chi connectivity index (χ1) is 8.55. The van der Waals surface area contributed by atoms with Crippen molar-refractivity contribution in [1.82, 2.24) is 15.1 Å². The van der Waals surface area contributed by atoms with Crippen LogP contribution in [-0.2, 0) is 4.74 Å². The molecule has 1 unspecified atom stereocenters. The Bertz CT molecular complexity index is 255. The molecule has 0 bridgehead atoms. The normalized spacial score (nSPS) is 28.2. The molecule has 0 amide bonds. The fourth-order valence-corrected chi connectivity index (χ4v) is 2.82. The minimum Gasteiger partial charge on any atom is -0.390 e. The van der Waals surface area contributed by atoms with Gasteiger partial charge >= 0.3 is 0 Å². The van der Waals surface area contributed by atoms with Gasteiger partial charge in [0.25, 0.3) is 0 Å². The largest absolute Gasteiger partial charge is 0.390 e. The number of aliphatic hydroxyl groups is 1. The van der Waals surface area contributed by atoms with Crippen molar-refractivity contribution in [2.45, 2.75) is 25.6 Å². The molecule has 0 spiro atoms. The van der Waals surface area contributed by atoms with Crippen molar-refractivity contribution in [2.24, 2.45) is 0 Å². The van der Waals surface area contributed by atoms with E-state index >= 15 is 0 Å². The van der Waals surface area contributed by atoms with Crippen molar-refractivity contribution < 1.29 is 9.84 Å². The van der Waals surface area contributed by atoms with E-state index in [2.05, 4.69) is 29.0 Å². The second-order valence-electron chi connectivity index (χ2n) is 6.05. The van der Waals surface area contributed by atoms with Gasteiger partial charge < -0.3 is 15.2 Å². The summed E-state index contributed by atoms with van der Waals surface area (Å²) in [5, 5.41) is 13.5. The van der Waals surface area contributed by atoms with Gasteiger partial charge in [0.15, 0.2) is 0 Å². The van der Waals surface area contributed by atoms with Gasteiger partial charge in [0, 0.05) is 52.4 Å². The van der Waals surface area contributed by atoms with Crippen molar-refractivity contribution in [3.63, 3.8) is 0 Å². The Hall–Kier alpha value is -0.200. The Morgan fingerprint density at radius 2 is 1.83 bits per heavy atom. The number of rotatable bonds is 4. The summed E-state index contributed by atoms with van der Waals surface area (Å²) in [6, 6.07) is 0. The molecule has 5 heteroatoms. The highest BCUT2D eigenvalue weighted by Gasteiger charge is 2.28. The number of piperazine rings is 1. The zero-order valence-electron chi connectivity index (χ0n) is 11.7. The van der Waals surface area contributed by atoms with Crippen LogP contribution in [0.25, 0.3) is 0 Å². The van der Waals surface area contributed by atoms with Crippen LogP contribution in [0.5, 0.6) is 0 Å². The first-order valence-corrected chi connectivity index (χ1v) is 7.03. The fraction of sp³-hybridized carbons (Fsp3) is 1.00. The van der Waals surface area contributed by atoms with Crippen LogP contribution < -0.4 is 5.32 Å². The molecule has 2 aliphatic rings. The van der Waals surface area contributed by atoms with Gasteiger partial charge in [0.1, 0.15) is 0 Å². The van der Waals surface area contributed by atoms with Gasteiger partial charge in [0.2, 0.25) is 0 Å². The van der Waals surface area contributed by atoms with Gasteiger partial charge in [-0.15, -0.1) is 0 Å². The molecule has 2 heterocycles. The molecule has 0 aromatic rings. The maximum Gasteiger partial charge on any atom is 0.0793 e. The van der Waals surface area contributed by atoms with Crippen LogP contribution in [0.4, 0.5) is 0 Å². The number of nitrogens with zero attached hydrogens (tertiary/aromatic N) is 2. The van der Waals surface area contributed by atoms with E-state index in [-0.39, 0.29) is 11.7 Å². The Labute approximate surface area is 110 Å². The first kappa shape index (κ1) is 14.2. The number of hydrogen-bond acceptors (Lipinski definition) is 5. The molecule has 2 rings (SSSR count). The third kappa shape index (κ3) is 4.48. The Morgan fingerprint density at radius 1 is 1.17 bits per heavy atom. The number of β-amino-alcohol motifs (C(OH)–C–C–N with tert-alkyl or cyclic N) is 1. The van der Waals surface area contributed by atoms with Crippen LogP contribution in [-0.4, -0.2) is 85.6 Å². The van der Waals surface area contributed by atoms with E-state index in [1.807, 2.05) is 0 Å². The lowest BCUT2D eigenvalue weighted by Gasteiger charge is -2.39. The standard InChI is InChI=1S/C13H27N3O2/c1-13(2)11-16(7-8-18-13)10-12(17)9-15-5-3-14-4-6-15/h12,14,17H,3-11H2,1-2H3. The number of morpholine rings is 1. The van der Waals surface area contributed by atoms with Crippen molar-refractivity contribution in [3.05, 3.63) is 0 Å². The number of aliphatic hydroxyl groups excluding tert-OH is 1. The minimum absolute atomic E-state index is 0.0764. The van der Waals surface area contributed by atoms with Crippen LogP contribution in [0.2, 0.25) is 0 Å². The molecule has 0 aromatic heterocycles. The van der Waals surface area contributed by atoms with Gasteiger partial charge in [-0.25, -0.2) is 0 Å². The van der Waals surface area contributed by atoms with Crippen molar-refractivity contribution in [2.75, 3.05) is 59.0 Å². The maximum absolute atomic E-state index is 10.2. The molecule has 18 heavy (non-hydrogen) atoms. The Balaban J connectivity index is 1.71. The Kier molecular flexibility index (Phi) is 4.98. The molecule has 1 atom stereocenters. The highest BCUT2D eigenvalue weighted by molar-refractivity contribution is 4.81. The summed E-state index contributed by atoms with van der Waals surface area (Å²) in [4.78, 5) is 4.66. The van der Waals surface area contributed by atoms with Gasteiger partial charge in [-0.1, -0.05) is 0 Å². The number of ether oxygens (including phenoxy) is 1. The fourth-order valence-electron chi connectivity index (χ4n) is 2.82. The molecule has 0 radical (unpaired) electrons. The predicted molar refractivity (Wildman–Crippen MR) is 71.8 cm³/mol. The summed E-state index contributed by atoms with van der Waals surface area (Å²) in [6.45, 7) is 12.6. The molecular weight excluding hydrogens is 230 g/mol. The van der Waals surface area contributed by atoms with Crippen molar-refractivity contribution in [3.8, 4) is 0 Å². The molecular formula is C13H27N3O2. The molecule has 0 aromatic carbocycles. The molecule has 2 N–H and O–H groups in total. The SMILES string of the molecule is CC1(C)CN(CC(O)CN2CCNCC2)CCO1. The second-order valence-corrected chi connectivity index (χ2v) is 6.05. The van der Waals surface area contributed by atoms with E-state index in [9.17, 15) is 5.11 Å². The molecule has 106 valence electrons. The van der Waals surface area contributed by atoms with E-state index in [0.29, 0.717) is 0 Å². The van der Waals surface area contributed by atoms with Gasteiger partial charge in [0.05, 0.1) is 18.3 Å². The van der Waals surface area contributed by atoms with Gasteiger partial charge in [-0.2, -0.15) is 0 Å². The number of hydrogen-bond donors (Lipinski definition) is 2. The minimum atomic E-state index is -0.253. The predicted octanol–water partition coefficient (Wildman–Crippen LogP) is -0.637. The quantitative estimate of drug-likeness (QED) is 0.702. The lowest BCUT2D eigenvalue weighted by atomic mass is 10.1. The average molecular weight is 257 g/mol. The number of nitrogens with one attached hydrogen (secondary N) is 1. The van der Waals surface area contributed by atoms with Crippen molar-refractivity contribution in [1.29, 1.82) is 0 Å². The third-order valence-electron chi connectivity index (χ3n) is 3.65. The summed E-state index contributed by atoms with van der Waals surface area (Å²) in [7, 11) is 0. The van der Waals surface area contributed by atoms with Gasteiger partial charge in [-0.3, -0.25) is 9.80 Å². The van der Waals surface area contributed by atoms with E-state index in [1.165, 1.54) is 0 Å². The van der Waals surface area contributed by atoms with Crippen molar-refractivity contribution >= 4 is 0 Å². The molecule has 2 fully saturated rings. The third-order valence-corrected chi connectivity index (χ3v) is 3.65. The van der Waals surface area contributed by atoms with Crippen LogP contribution in [0.1, 0.15) is 13.8 Å². The molecule has 2 saturated heterocycles. The molecule has 5 nitrogen and oxygen atoms in total. The van der Waals surface area contributed by atoms with E-state index in [4.69, 9.17) is 4.74 Å². The van der Waals surface area contributed by atoms with E-state index in [1.54, 1.807) is 0 Å². The summed E-state index contributed by atoms with van der Waals surface area (Å²) < 4.78 is 5.69. The average Bonchev–Trinajstić information content (AvgIpc) is 2.28. The maximum atomic E-state index is 10.2. The smallest absolute Gasteiger partial charge is 0.0793 e. The zero-order valence-corrected chi connectivity index (χ0v) is 11.7. The summed E-state index contributed by atoms with van der Waals surface area (Å²) >= 11 is 0. The monoisotopic (exact) mass is 257 g/mol. The summed E-state index contributed by atoms with van der Waals surface area (Å²) in [6.07, 6.45) is -0.253. The van der Waals surface area contributed by atoms with Gasteiger partial charge in [-0.05, 0) is 13.8 Å². The highest BCUT2D eigenvalue weighted by atomic mass is 16.5.